The summed E-state index contributed by atoms with van der Waals surface area (Å²) >= 11 is 0. The molecule has 192 valence electrons. The maximum atomic E-state index is 12.6. The van der Waals surface area contributed by atoms with Gasteiger partial charge >= 0.3 is 6.03 Å². The Kier molecular flexibility index (Phi) is 8.55. The molecule has 2 aliphatic rings. The van der Waals surface area contributed by atoms with Crippen molar-refractivity contribution in [3.8, 4) is 0 Å². The molecule has 3 N–H and O–H groups in total. The number of aryl methyl sites for hydroxylation is 1. The first kappa shape index (κ1) is 26.7. The number of amides is 4. The van der Waals surface area contributed by atoms with Gasteiger partial charge in [-0.1, -0.05) is 26.0 Å². The fourth-order valence-electron chi connectivity index (χ4n) is 4.47. The largest absolute Gasteiger partial charge is 0.355 e. The lowest BCUT2D eigenvalue weighted by atomic mass is 9.87. The van der Waals surface area contributed by atoms with E-state index in [1.165, 1.54) is 17.1 Å². The molecule has 0 radical (unpaired) electrons. The number of nitrogens with zero attached hydrogens (tertiary/aromatic N) is 2. The fraction of sp³-hybridized carbons (Fsp3) is 0.542. The van der Waals surface area contributed by atoms with Crippen LogP contribution in [0, 0.1) is 5.92 Å². The predicted molar refractivity (Wildman–Crippen MR) is 128 cm³/mol. The second kappa shape index (κ2) is 11.2. The summed E-state index contributed by atoms with van der Waals surface area (Å²) in [5, 5.41) is 12.0. The Morgan fingerprint density at radius 3 is 2.34 bits per heavy atom. The smallest absolute Gasteiger partial charge is 0.284 e. The molecule has 3 rings (SSSR count). The molecule has 0 spiro atoms. The Balaban J connectivity index is 1.50. The van der Waals surface area contributed by atoms with E-state index in [0.29, 0.717) is 48.8 Å². The first-order chi connectivity index (χ1) is 16.5. The van der Waals surface area contributed by atoms with E-state index in [-0.39, 0.29) is 23.1 Å². The lowest BCUT2D eigenvalue weighted by Gasteiger charge is -2.31. The van der Waals surface area contributed by atoms with Gasteiger partial charge in [0.25, 0.3) is 15.9 Å². The molecule has 0 bridgehead atoms. The SMILES string of the molecule is CCC1=C(C)CN(NC(=O)CCc2ccc(S(=O)(=O)NC(=O)N(O)C3CCC(C)CC3)cc2)C1=O. The van der Waals surface area contributed by atoms with Crippen molar-refractivity contribution in [1.29, 1.82) is 0 Å². The maximum absolute atomic E-state index is 12.6. The molecular formula is C24H34N4O6S. The summed E-state index contributed by atoms with van der Waals surface area (Å²) in [6.45, 7) is 6.24. The molecule has 1 aliphatic carbocycles. The van der Waals surface area contributed by atoms with Crippen LogP contribution in [0.25, 0.3) is 0 Å². The number of carbonyl (C=O) groups is 3. The van der Waals surface area contributed by atoms with E-state index in [0.717, 1.165) is 24.0 Å². The molecule has 1 heterocycles. The van der Waals surface area contributed by atoms with E-state index in [2.05, 4.69) is 12.3 Å². The van der Waals surface area contributed by atoms with Crippen LogP contribution in [0.1, 0.15) is 64.9 Å². The monoisotopic (exact) mass is 506 g/mol. The summed E-state index contributed by atoms with van der Waals surface area (Å²) in [6, 6.07) is 4.34. The van der Waals surface area contributed by atoms with Crippen LogP contribution in [0.3, 0.4) is 0 Å². The number of hydrazine groups is 1. The number of urea groups is 1. The summed E-state index contributed by atoms with van der Waals surface area (Å²) in [6.07, 6.45) is 4.05. The number of hydrogen-bond acceptors (Lipinski definition) is 6. The van der Waals surface area contributed by atoms with E-state index >= 15 is 0 Å². The highest BCUT2D eigenvalue weighted by atomic mass is 32.2. The summed E-state index contributed by atoms with van der Waals surface area (Å²) in [4.78, 5) is 36.7. The van der Waals surface area contributed by atoms with Gasteiger partial charge in [-0.05, 0) is 74.6 Å². The Bertz CT molecular complexity index is 1090. The average Bonchev–Trinajstić information content (AvgIpc) is 3.09. The Labute approximate surface area is 206 Å². The van der Waals surface area contributed by atoms with Crippen molar-refractivity contribution in [1.82, 2.24) is 20.2 Å². The Morgan fingerprint density at radius 1 is 1.14 bits per heavy atom. The van der Waals surface area contributed by atoms with Gasteiger partial charge in [0.15, 0.2) is 0 Å². The minimum Gasteiger partial charge on any atom is -0.284 e. The standard InChI is InChI=1S/C24H34N4O6S/c1-4-21-17(3)15-27(23(21)30)25-22(29)14-9-18-7-12-20(13-8-18)35(33,34)26-24(31)28(32)19-10-5-16(2)6-11-19/h7-8,12-13,16,19,32H,4-6,9-11,14-15H2,1-3H3,(H,25,29)(H,26,31). The van der Waals surface area contributed by atoms with Crippen LogP contribution in [0.15, 0.2) is 40.3 Å². The molecule has 4 amide bonds. The number of nitrogens with one attached hydrogen (secondary N) is 2. The molecule has 35 heavy (non-hydrogen) atoms. The molecule has 1 fully saturated rings. The molecule has 1 aliphatic heterocycles. The van der Waals surface area contributed by atoms with Gasteiger partial charge in [-0.2, -0.15) is 0 Å². The van der Waals surface area contributed by atoms with E-state index in [9.17, 15) is 28.0 Å². The van der Waals surface area contributed by atoms with Crippen molar-refractivity contribution in [3.05, 3.63) is 41.0 Å². The molecule has 1 saturated carbocycles. The number of sulfonamides is 1. The second-order valence-electron chi connectivity index (χ2n) is 9.35. The number of benzene rings is 1. The van der Waals surface area contributed by atoms with Gasteiger partial charge in [0.2, 0.25) is 5.91 Å². The number of carbonyl (C=O) groups excluding carboxylic acids is 3. The Hall–Kier alpha value is -2.92. The third-order valence-corrected chi connectivity index (χ3v) is 8.00. The van der Waals surface area contributed by atoms with E-state index in [4.69, 9.17) is 0 Å². The van der Waals surface area contributed by atoms with E-state index < -0.39 is 22.1 Å². The molecule has 0 aromatic heterocycles. The highest BCUT2D eigenvalue weighted by Crippen LogP contribution is 2.26. The van der Waals surface area contributed by atoms with Gasteiger partial charge in [-0.25, -0.2) is 28.0 Å². The zero-order valence-electron chi connectivity index (χ0n) is 20.4. The van der Waals surface area contributed by atoms with E-state index in [1.807, 2.05) is 18.6 Å². The van der Waals surface area contributed by atoms with Gasteiger partial charge < -0.3 is 0 Å². The van der Waals surface area contributed by atoms with Crippen LogP contribution in [-0.4, -0.2) is 54.1 Å². The zero-order chi connectivity index (χ0) is 25.8. The molecular weight excluding hydrogens is 472 g/mol. The maximum Gasteiger partial charge on any atom is 0.355 e. The lowest BCUT2D eigenvalue weighted by Crippen LogP contribution is -2.47. The lowest BCUT2D eigenvalue weighted by molar-refractivity contribution is -0.137. The fourth-order valence-corrected chi connectivity index (χ4v) is 5.40. The number of hydrogen-bond donors (Lipinski definition) is 3. The summed E-state index contributed by atoms with van der Waals surface area (Å²) in [7, 11) is -4.17. The molecule has 1 aromatic rings. The first-order valence-corrected chi connectivity index (χ1v) is 13.4. The summed E-state index contributed by atoms with van der Waals surface area (Å²) < 4.78 is 27.1. The van der Waals surface area contributed by atoms with Crippen molar-refractivity contribution in [2.45, 2.75) is 76.7 Å². The van der Waals surface area contributed by atoms with Gasteiger partial charge in [0.05, 0.1) is 17.5 Å². The highest BCUT2D eigenvalue weighted by Gasteiger charge is 2.30. The summed E-state index contributed by atoms with van der Waals surface area (Å²) in [5.41, 5.74) is 5.00. The van der Waals surface area contributed by atoms with E-state index in [1.54, 1.807) is 12.1 Å². The molecule has 0 unspecified atom stereocenters. The van der Waals surface area contributed by atoms with Crippen LogP contribution in [0.4, 0.5) is 4.79 Å². The van der Waals surface area contributed by atoms with Crippen molar-refractivity contribution in [2.24, 2.45) is 5.92 Å². The van der Waals surface area contributed by atoms with Gasteiger partial charge in [0.1, 0.15) is 0 Å². The van der Waals surface area contributed by atoms with Gasteiger partial charge in [-0.3, -0.25) is 20.2 Å². The van der Waals surface area contributed by atoms with Crippen molar-refractivity contribution >= 4 is 27.9 Å². The number of rotatable bonds is 8. The second-order valence-corrected chi connectivity index (χ2v) is 11.0. The van der Waals surface area contributed by atoms with Gasteiger partial charge in [-0.15, -0.1) is 0 Å². The topological polar surface area (TPSA) is 136 Å². The van der Waals surface area contributed by atoms with Crippen LogP contribution < -0.4 is 10.1 Å². The minimum atomic E-state index is -4.17. The molecule has 0 saturated heterocycles. The summed E-state index contributed by atoms with van der Waals surface area (Å²) in [5.74, 6) is 0.0240. The third-order valence-electron chi connectivity index (χ3n) is 6.66. The quantitative estimate of drug-likeness (QED) is 0.366. The van der Waals surface area contributed by atoms with Crippen molar-refractivity contribution in [3.63, 3.8) is 0 Å². The first-order valence-electron chi connectivity index (χ1n) is 12.0. The minimum absolute atomic E-state index is 0.118. The molecule has 0 atom stereocenters. The normalized spacial score (nSPS) is 20.7. The average molecular weight is 507 g/mol. The zero-order valence-corrected chi connectivity index (χ0v) is 21.2. The molecule has 11 heteroatoms. The van der Waals surface area contributed by atoms with Crippen LogP contribution in [0.5, 0.6) is 0 Å². The van der Waals surface area contributed by atoms with Gasteiger partial charge in [0, 0.05) is 12.0 Å². The molecule has 10 nitrogen and oxygen atoms in total. The highest BCUT2D eigenvalue weighted by molar-refractivity contribution is 7.90. The van der Waals surface area contributed by atoms with Crippen molar-refractivity contribution < 1.29 is 28.0 Å². The number of hydroxylamine groups is 2. The molecule has 1 aromatic carbocycles. The predicted octanol–water partition coefficient (Wildman–Crippen LogP) is 2.89. The van der Waals surface area contributed by atoms with Crippen LogP contribution >= 0.6 is 0 Å². The van der Waals surface area contributed by atoms with Crippen LogP contribution in [-0.2, 0) is 26.0 Å². The van der Waals surface area contributed by atoms with Crippen LogP contribution in [0.2, 0.25) is 0 Å². The van der Waals surface area contributed by atoms with Crippen molar-refractivity contribution in [2.75, 3.05) is 6.54 Å². The Morgan fingerprint density at radius 2 is 1.77 bits per heavy atom. The third kappa shape index (κ3) is 6.61.